The Balaban J connectivity index is 2.80. The lowest BCUT2D eigenvalue weighted by Gasteiger charge is -2.08. The van der Waals surface area contributed by atoms with Gasteiger partial charge in [-0.15, -0.1) is 0 Å². The molecule has 1 amide bonds. The molecule has 0 atom stereocenters. The minimum atomic E-state index is -0.0500. The first-order valence-corrected chi connectivity index (χ1v) is 4.91. The van der Waals surface area contributed by atoms with Gasteiger partial charge in [0.25, 0.3) is 5.91 Å². The summed E-state index contributed by atoms with van der Waals surface area (Å²) in [6.45, 7) is 3.04. The van der Waals surface area contributed by atoms with E-state index in [0.29, 0.717) is 18.7 Å². The molecule has 0 aliphatic rings. The summed E-state index contributed by atoms with van der Waals surface area (Å²) in [7, 11) is 1.55. The maximum atomic E-state index is 11.6. The molecule has 0 heterocycles. The maximum Gasteiger partial charge on any atom is 0.251 e. The highest BCUT2D eigenvalue weighted by atomic mass is 16.6. The fraction of sp³-hybridized carbons (Fsp3) is 0.364. The van der Waals surface area contributed by atoms with Crippen molar-refractivity contribution in [3.05, 3.63) is 35.4 Å². The van der Waals surface area contributed by atoms with Crippen LogP contribution in [0.1, 0.15) is 22.8 Å². The molecule has 82 valence electrons. The molecule has 0 spiro atoms. The molecule has 4 nitrogen and oxygen atoms in total. The van der Waals surface area contributed by atoms with E-state index in [1.54, 1.807) is 13.2 Å². The van der Waals surface area contributed by atoms with Crippen molar-refractivity contribution in [3.8, 4) is 0 Å². The number of carbonyl (C=O) groups excluding carboxylic acids is 1. The Morgan fingerprint density at radius 3 is 2.80 bits per heavy atom. The van der Waals surface area contributed by atoms with Gasteiger partial charge in [0.1, 0.15) is 0 Å². The van der Waals surface area contributed by atoms with E-state index in [2.05, 4.69) is 10.8 Å². The Morgan fingerprint density at radius 1 is 1.40 bits per heavy atom. The van der Waals surface area contributed by atoms with Gasteiger partial charge in [-0.25, -0.2) is 0 Å². The molecule has 0 aliphatic heterocycles. The lowest BCUT2D eigenvalue weighted by molar-refractivity contribution is 0.0856. The van der Waals surface area contributed by atoms with Crippen LogP contribution >= 0.6 is 0 Å². The van der Waals surface area contributed by atoms with Gasteiger partial charge in [-0.3, -0.25) is 4.79 Å². The van der Waals surface area contributed by atoms with Gasteiger partial charge < -0.3 is 10.2 Å². The Bertz CT molecular complexity index is 326. The van der Waals surface area contributed by atoms with Gasteiger partial charge in [0, 0.05) is 18.7 Å². The summed E-state index contributed by atoms with van der Waals surface area (Å²) in [6.07, 6.45) is 0. The summed E-state index contributed by atoms with van der Waals surface area (Å²) in [5.74, 6) is -0.0500. The number of carbonyl (C=O) groups is 1. The highest BCUT2D eigenvalue weighted by Gasteiger charge is 2.08. The van der Waals surface area contributed by atoms with E-state index < -0.39 is 0 Å². The van der Waals surface area contributed by atoms with Crippen molar-refractivity contribution in [2.24, 2.45) is 0 Å². The molecule has 0 unspecified atom stereocenters. The predicted molar refractivity (Wildman–Crippen MR) is 58.3 cm³/mol. The molecule has 4 heteroatoms. The second kappa shape index (κ2) is 6.16. The van der Waals surface area contributed by atoms with Gasteiger partial charge in [0.15, 0.2) is 0 Å². The summed E-state index contributed by atoms with van der Waals surface area (Å²) >= 11 is 0. The molecule has 0 saturated heterocycles. The molecule has 0 aliphatic carbocycles. The smallest absolute Gasteiger partial charge is 0.251 e. The van der Waals surface area contributed by atoms with E-state index in [0.717, 1.165) is 5.56 Å². The van der Waals surface area contributed by atoms with E-state index >= 15 is 0 Å². The number of nitrogens with one attached hydrogen (secondary N) is 2. The van der Waals surface area contributed by atoms with Crippen LogP contribution < -0.4 is 10.8 Å². The lowest BCUT2D eigenvalue weighted by atomic mass is 10.1. The van der Waals surface area contributed by atoms with Crippen molar-refractivity contribution in [1.82, 2.24) is 10.8 Å². The van der Waals surface area contributed by atoms with E-state index in [9.17, 15) is 4.79 Å². The van der Waals surface area contributed by atoms with Gasteiger partial charge in [-0.2, -0.15) is 5.48 Å². The van der Waals surface area contributed by atoms with Crippen LogP contribution in [0.3, 0.4) is 0 Å². The topological polar surface area (TPSA) is 50.4 Å². The molecule has 0 fully saturated rings. The fourth-order valence-electron chi connectivity index (χ4n) is 1.30. The normalized spacial score (nSPS) is 10.0. The summed E-state index contributed by atoms with van der Waals surface area (Å²) in [5.41, 5.74) is 4.33. The number of benzene rings is 1. The number of hydrogen-bond acceptors (Lipinski definition) is 3. The van der Waals surface area contributed by atoms with Crippen LogP contribution in [0.25, 0.3) is 0 Å². The van der Waals surface area contributed by atoms with Crippen LogP contribution in [-0.2, 0) is 11.4 Å². The van der Waals surface area contributed by atoms with Gasteiger partial charge in [-0.1, -0.05) is 18.2 Å². The monoisotopic (exact) mass is 208 g/mol. The van der Waals surface area contributed by atoms with Crippen LogP contribution in [0, 0.1) is 0 Å². The Kier molecular flexibility index (Phi) is 4.80. The van der Waals surface area contributed by atoms with Crippen LogP contribution in [0.2, 0.25) is 0 Å². The molecule has 0 bridgehead atoms. The molecule has 2 N–H and O–H groups in total. The zero-order chi connectivity index (χ0) is 11.1. The Hall–Kier alpha value is -1.39. The van der Waals surface area contributed by atoms with Crippen molar-refractivity contribution in [3.63, 3.8) is 0 Å². The molecule has 0 aromatic heterocycles. The van der Waals surface area contributed by atoms with Crippen LogP contribution in [0.4, 0.5) is 0 Å². The molecule has 15 heavy (non-hydrogen) atoms. The predicted octanol–water partition coefficient (Wildman–Crippen LogP) is 1.09. The average molecular weight is 208 g/mol. The third-order valence-electron chi connectivity index (χ3n) is 2.01. The van der Waals surface area contributed by atoms with E-state index in [4.69, 9.17) is 4.84 Å². The first-order valence-electron chi connectivity index (χ1n) is 4.91. The van der Waals surface area contributed by atoms with Crippen molar-refractivity contribution < 1.29 is 9.63 Å². The van der Waals surface area contributed by atoms with Crippen molar-refractivity contribution in [1.29, 1.82) is 0 Å². The first-order chi connectivity index (χ1) is 7.29. The van der Waals surface area contributed by atoms with E-state index in [1.165, 1.54) is 0 Å². The molecular formula is C11H16N2O2. The summed E-state index contributed by atoms with van der Waals surface area (Å²) in [4.78, 5) is 16.4. The minimum absolute atomic E-state index is 0.0500. The third-order valence-corrected chi connectivity index (χ3v) is 2.01. The lowest BCUT2D eigenvalue weighted by Crippen LogP contribution is -2.25. The Labute approximate surface area is 89.6 Å². The third kappa shape index (κ3) is 3.34. The van der Waals surface area contributed by atoms with Gasteiger partial charge in [0.2, 0.25) is 0 Å². The second-order valence-corrected chi connectivity index (χ2v) is 3.04. The molecule has 1 aromatic rings. The highest BCUT2D eigenvalue weighted by Crippen LogP contribution is 2.08. The standard InChI is InChI=1S/C11H16N2O2/c1-3-12-11(14)10-7-5-4-6-9(10)8-13-15-2/h4-7,13H,3,8H2,1-2H3,(H,12,14). The zero-order valence-corrected chi connectivity index (χ0v) is 9.04. The zero-order valence-electron chi connectivity index (χ0n) is 9.04. The average Bonchev–Trinajstić information content (AvgIpc) is 2.27. The van der Waals surface area contributed by atoms with Crippen LogP contribution in [0.15, 0.2) is 24.3 Å². The minimum Gasteiger partial charge on any atom is -0.352 e. The van der Waals surface area contributed by atoms with Crippen molar-refractivity contribution >= 4 is 5.91 Å². The molecule has 0 saturated carbocycles. The van der Waals surface area contributed by atoms with Crippen molar-refractivity contribution in [2.75, 3.05) is 13.7 Å². The van der Waals surface area contributed by atoms with Crippen LogP contribution in [0.5, 0.6) is 0 Å². The fourth-order valence-corrected chi connectivity index (χ4v) is 1.30. The van der Waals surface area contributed by atoms with E-state index in [-0.39, 0.29) is 5.91 Å². The highest BCUT2D eigenvalue weighted by molar-refractivity contribution is 5.95. The Morgan fingerprint density at radius 2 is 2.13 bits per heavy atom. The molecule has 0 radical (unpaired) electrons. The van der Waals surface area contributed by atoms with E-state index in [1.807, 2.05) is 25.1 Å². The number of hydroxylamine groups is 1. The molecule has 1 aromatic carbocycles. The number of hydrogen-bond donors (Lipinski definition) is 2. The SMILES string of the molecule is CCNC(=O)c1ccccc1CNOC. The first kappa shape index (κ1) is 11.7. The summed E-state index contributed by atoms with van der Waals surface area (Å²) in [5, 5.41) is 2.77. The number of rotatable bonds is 5. The van der Waals surface area contributed by atoms with Gasteiger partial charge in [-0.05, 0) is 18.6 Å². The largest absolute Gasteiger partial charge is 0.352 e. The molecule has 1 rings (SSSR count). The maximum absolute atomic E-state index is 11.6. The van der Waals surface area contributed by atoms with Gasteiger partial charge >= 0.3 is 0 Å². The molecular weight excluding hydrogens is 192 g/mol. The summed E-state index contributed by atoms with van der Waals surface area (Å²) in [6, 6.07) is 7.45. The van der Waals surface area contributed by atoms with Crippen LogP contribution in [-0.4, -0.2) is 19.6 Å². The number of amides is 1. The quantitative estimate of drug-likeness (QED) is 0.712. The summed E-state index contributed by atoms with van der Waals surface area (Å²) < 4.78 is 0. The second-order valence-electron chi connectivity index (χ2n) is 3.04. The van der Waals surface area contributed by atoms with Crippen molar-refractivity contribution in [2.45, 2.75) is 13.5 Å². The van der Waals surface area contributed by atoms with Gasteiger partial charge in [0.05, 0.1) is 7.11 Å².